The van der Waals surface area contributed by atoms with Crippen LogP contribution in [0.2, 0.25) is 0 Å². The maximum atomic E-state index is 10.6. The topological polar surface area (TPSA) is 53.2 Å². The van der Waals surface area contributed by atoms with Crippen LogP contribution in [0, 0.1) is 18.3 Å². The summed E-state index contributed by atoms with van der Waals surface area (Å²) in [4.78, 5) is 14.5. The van der Waals surface area contributed by atoms with Gasteiger partial charge in [-0.1, -0.05) is 25.3 Å². The molecule has 0 saturated heterocycles. The van der Waals surface area contributed by atoms with Gasteiger partial charge in [0.2, 0.25) is 0 Å². The van der Waals surface area contributed by atoms with Crippen LogP contribution >= 0.6 is 0 Å². The van der Waals surface area contributed by atoms with E-state index in [1.54, 1.807) is 12.1 Å². The fourth-order valence-corrected chi connectivity index (χ4v) is 1.37. The average Bonchev–Trinajstić information content (AvgIpc) is 2.35. The normalized spacial score (nSPS) is 9.88. The second-order valence-corrected chi connectivity index (χ2v) is 3.53. The summed E-state index contributed by atoms with van der Waals surface area (Å²) < 4.78 is 0. The predicted molar refractivity (Wildman–Crippen MR) is 68.8 cm³/mol. The number of rotatable bonds is 4. The number of carbonyl (C=O) groups excluding carboxylic acids is 1. The van der Waals surface area contributed by atoms with Crippen molar-refractivity contribution in [2.45, 2.75) is 6.92 Å². The summed E-state index contributed by atoms with van der Waals surface area (Å²) in [5, 5.41) is 8.51. The highest BCUT2D eigenvalue weighted by Gasteiger charge is 2.02. The van der Waals surface area contributed by atoms with Crippen molar-refractivity contribution in [2.75, 3.05) is 0 Å². The third-order valence-corrected chi connectivity index (χ3v) is 2.24. The molecular formula is C14H12N2O. The second kappa shape index (κ2) is 5.57. The number of carbonyl (C=O) groups is 1. The summed E-state index contributed by atoms with van der Waals surface area (Å²) in [5.74, 6) is 0. The molecule has 3 heteroatoms. The fraction of sp³-hybridized carbons (Fsp3) is 0.0714. The molecule has 0 fully saturated rings. The Morgan fingerprint density at radius 2 is 2.18 bits per heavy atom. The third kappa shape index (κ3) is 3.25. The molecule has 0 saturated carbocycles. The lowest BCUT2D eigenvalue weighted by atomic mass is 10.0. The van der Waals surface area contributed by atoms with Gasteiger partial charge in [0.25, 0.3) is 0 Å². The Hall–Kier alpha value is -2.47. The summed E-state index contributed by atoms with van der Waals surface area (Å²) in [7, 11) is 0. The van der Waals surface area contributed by atoms with Crippen molar-refractivity contribution in [3.63, 3.8) is 0 Å². The number of hydrogen-bond donors (Lipinski definition) is 0. The Kier molecular flexibility index (Phi) is 4.13. The van der Waals surface area contributed by atoms with Gasteiger partial charge in [-0.15, -0.1) is 0 Å². The predicted octanol–water partition coefficient (Wildman–Crippen LogP) is 2.93. The molecule has 0 aliphatic heterocycles. The number of nitrogens with zero attached hydrogens (tertiary/aromatic N) is 2. The lowest BCUT2D eigenvalue weighted by molar-refractivity contribution is 0.112. The van der Waals surface area contributed by atoms with Crippen LogP contribution < -0.4 is 0 Å². The molecule has 0 unspecified atom stereocenters. The molecule has 0 N–H and O–H groups in total. The number of hydrogen-bond acceptors (Lipinski definition) is 3. The molecule has 0 heterocycles. The van der Waals surface area contributed by atoms with Gasteiger partial charge in [-0.05, 0) is 29.7 Å². The van der Waals surface area contributed by atoms with Gasteiger partial charge in [0, 0.05) is 11.8 Å². The number of aryl methyl sites for hydroxylation is 1. The van der Waals surface area contributed by atoms with E-state index in [-0.39, 0.29) is 5.70 Å². The quantitative estimate of drug-likeness (QED) is 0.448. The van der Waals surface area contributed by atoms with Gasteiger partial charge in [-0.3, -0.25) is 4.79 Å². The Labute approximate surface area is 100 Å². The van der Waals surface area contributed by atoms with E-state index in [4.69, 9.17) is 5.26 Å². The van der Waals surface area contributed by atoms with Crippen LogP contribution in [-0.4, -0.2) is 12.5 Å². The Bertz CT molecular complexity index is 548. The van der Waals surface area contributed by atoms with Gasteiger partial charge in [0.1, 0.15) is 18.1 Å². The number of aldehydes is 1. The van der Waals surface area contributed by atoms with Gasteiger partial charge < -0.3 is 0 Å². The molecular weight excluding hydrogens is 212 g/mol. The van der Waals surface area contributed by atoms with Crippen LogP contribution in [0.5, 0.6) is 0 Å². The van der Waals surface area contributed by atoms with E-state index in [0.717, 1.165) is 17.4 Å². The maximum absolute atomic E-state index is 10.6. The molecule has 1 aromatic rings. The summed E-state index contributed by atoms with van der Waals surface area (Å²) in [5.41, 5.74) is 3.26. The summed E-state index contributed by atoms with van der Waals surface area (Å²) in [6.07, 6.45) is 2.29. The van der Waals surface area contributed by atoms with Gasteiger partial charge in [-0.2, -0.15) is 5.26 Å². The summed E-state index contributed by atoms with van der Waals surface area (Å²) in [6, 6.07) is 7.13. The van der Waals surface area contributed by atoms with Gasteiger partial charge in [0.05, 0.1) is 0 Å². The van der Waals surface area contributed by atoms with Gasteiger partial charge in [0.15, 0.2) is 0 Å². The molecule has 0 atom stereocenters. The van der Waals surface area contributed by atoms with Crippen LogP contribution in [0.3, 0.4) is 0 Å². The molecule has 1 aromatic carbocycles. The molecule has 0 amide bonds. The third-order valence-electron chi connectivity index (χ3n) is 2.24. The Balaban J connectivity index is 2.98. The van der Waals surface area contributed by atoms with Crippen LogP contribution in [0.4, 0.5) is 0 Å². The van der Waals surface area contributed by atoms with Crippen molar-refractivity contribution in [3.05, 3.63) is 53.7 Å². The first-order chi connectivity index (χ1) is 8.08. The minimum Gasteiger partial charge on any atom is -0.298 e. The number of allylic oxidation sites excluding steroid dienone is 2. The zero-order chi connectivity index (χ0) is 12.8. The van der Waals surface area contributed by atoms with Crippen LogP contribution in [0.25, 0.3) is 5.57 Å². The maximum Gasteiger partial charge on any atom is 0.150 e. The Morgan fingerprint density at radius 1 is 1.47 bits per heavy atom. The summed E-state index contributed by atoms with van der Waals surface area (Å²) >= 11 is 0. The SMILES string of the molecule is C=C(C#N)N=CC(=C)c1ccc(C=O)cc1C. The monoisotopic (exact) mass is 224 g/mol. The van der Waals surface area contributed by atoms with Crippen molar-refractivity contribution >= 4 is 18.1 Å². The lowest BCUT2D eigenvalue weighted by Crippen LogP contribution is -1.91. The van der Waals surface area contributed by atoms with Crippen molar-refractivity contribution in [2.24, 2.45) is 4.99 Å². The van der Waals surface area contributed by atoms with Gasteiger partial charge in [-0.25, -0.2) is 4.99 Å². The highest BCUT2D eigenvalue weighted by atomic mass is 16.1. The van der Waals surface area contributed by atoms with Crippen molar-refractivity contribution in [1.29, 1.82) is 5.26 Å². The second-order valence-electron chi connectivity index (χ2n) is 3.53. The van der Waals surface area contributed by atoms with E-state index in [1.165, 1.54) is 6.21 Å². The van der Waals surface area contributed by atoms with Crippen molar-refractivity contribution in [1.82, 2.24) is 0 Å². The smallest absolute Gasteiger partial charge is 0.150 e. The highest BCUT2D eigenvalue weighted by Crippen LogP contribution is 2.17. The van der Waals surface area contributed by atoms with E-state index < -0.39 is 0 Å². The first-order valence-electron chi connectivity index (χ1n) is 4.96. The minimum absolute atomic E-state index is 0.133. The number of benzene rings is 1. The molecule has 1 rings (SSSR count). The van der Waals surface area contributed by atoms with E-state index in [0.29, 0.717) is 11.1 Å². The molecule has 0 spiro atoms. The molecule has 84 valence electrons. The standard InChI is InChI=1S/C14H12N2O/c1-10-6-13(9-17)4-5-14(10)11(2)8-16-12(3)7-15/h4-6,8-9H,2-3H2,1H3. The molecule has 0 aliphatic carbocycles. The van der Waals surface area contributed by atoms with E-state index in [2.05, 4.69) is 18.2 Å². The molecule has 17 heavy (non-hydrogen) atoms. The van der Waals surface area contributed by atoms with Crippen LogP contribution in [0.15, 0.2) is 42.0 Å². The van der Waals surface area contributed by atoms with E-state index in [1.807, 2.05) is 19.1 Å². The molecule has 0 aromatic heterocycles. The lowest BCUT2D eigenvalue weighted by Gasteiger charge is -2.05. The Morgan fingerprint density at radius 3 is 2.71 bits per heavy atom. The zero-order valence-corrected chi connectivity index (χ0v) is 9.60. The molecule has 0 radical (unpaired) electrons. The van der Waals surface area contributed by atoms with Crippen LogP contribution in [0.1, 0.15) is 21.5 Å². The molecule has 0 bridgehead atoms. The minimum atomic E-state index is 0.133. The highest BCUT2D eigenvalue weighted by molar-refractivity contribution is 6.09. The summed E-state index contributed by atoms with van der Waals surface area (Å²) in [6.45, 7) is 9.19. The molecule has 0 aliphatic rings. The largest absolute Gasteiger partial charge is 0.298 e. The fourth-order valence-electron chi connectivity index (χ4n) is 1.37. The number of aliphatic imine (C=N–C) groups is 1. The zero-order valence-electron chi connectivity index (χ0n) is 9.60. The van der Waals surface area contributed by atoms with Gasteiger partial charge >= 0.3 is 0 Å². The van der Waals surface area contributed by atoms with E-state index in [9.17, 15) is 4.79 Å². The number of nitriles is 1. The van der Waals surface area contributed by atoms with Crippen molar-refractivity contribution < 1.29 is 4.79 Å². The van der Waals surface area contributed by atoms with Crippen LogP contribution in [-0.2, 0) is 0 Å². The van der Waals surface area contributed by atoms with Crippen molar-refractivity contribution in [3.8, 4) is 6.07 Å². The first kappa shape index (κ1) is 12.6. The molecule has 3 nitrogen and oxygen atoms in total. The average molecular weight is 224 g/mol. The van der Waals surface area contributed by atoms with E-state index >= 15 is 0 Å². The first-order valence-corrected chi connectivity index (χ1v) is 4.96.